The maximum absolute atomic E-state index is 5.97. The van der Waals surface area contributed by atoms with Crippen LogP contribution in [-0.2, 0) is 6.54 Å². The Morgan fingerprint density at radius 2 is 2.36 bits per heavy atom. The fourth-order valence-corrected chi connectivity index (χ4v) is 2.67. The molecule has 0 aliphatic carbocycles. The molecular formula is C10H7ClN2S. The van der Waals surface area contributed by atoms with Gasteiger partial charge in [-0.2, -0.15) is 0 Å². The third-order valence-corrected chi connectivity index (χ3v) is 3.45. The highest BCUT2D eigenvalue weighted by atomic mass is 35.5. The van der Waals surface area contributed by atoms with Crippen LogP contribution in [0.5, 0.6) is 0 Å². The van der Waals surface area contributed by atoms with Crippen molar-refractivity contribution in [2.24, 2.45) is 0 Å². The first-order valence-electron chi connectivity index (χ1n) is 4.31. The lowest BCUT2D eigenvalue weighted by Crippen LogP contribution is -2.07. The van der Waals surface area contributed by atoms with E-state index in [9.17, 15) is 0 Å². The number of thiazole rings is 1. The van der Waals surface area contributed by atoms with E-state index < -0.39 is 0 Å². The van der Waals surface area contributed by atoms with Crippen LogP contribution in [0.4, 0.5) is 5.69 Å². The summed E-state index contributed by atoms with van der Waals surface area (Å²) in [4.78, 5) is 5.54. The lowest BCUT2D eigenvalue weighted by molar-refractivity contribution is 1.06. The van der Waals surface area contributed by atoms with Crippen LogP contribution in [0.3, 0.4) is 0 Å². The van der Waals surface area contributed by atoms with E-state index >= 15 is 0 Å². The van der Waals surface area contributed by atoms with Crippen molar-refractivity contribution in [3.05, 3.63) is 34.4 Å². The van der Waals surface area contributed by atoms with Crippen molar-refractivity contribution in [2.45, 2.75) is 6.54 Å². The Balaban J connectivity index is 2.28. The highest BCUT2D eigenvalue weighted by Gasteiger charge is 2.17. The van der Waals surface area contributed by atoms with Gasteiger partial charge in [0.1, 0.15) is 0 Å². The van der Waals surface area contributed by atoms with Crippen molar-refractivity contribution >= 4 is 28.6 Å². The Morgan fingerprint density at radius 3 is 3.29 bits per heavy atom. The largest absolute Gasteiger partial charge is 0.379 e. The van der Waals surface area contributed by atoms with Crippen LogP contribution in [0.15, 0.2) is 23.7 Å². The fraction of sp³-hybridized carbons (Fsp3) is 0.100. The number of nitrogens with one attached hydrogen (secondary N) is 1. The van der Waals surface area contributed by atoms with Gasteiger partial charge >= 0.3 is 0 Å². The van der Waals surface area contributed by atoms with Crippen molar-refractivity contribution in [3.8, 4) is 10.4 Å². The predicted molar refractivity (Wildman–Crippen MR) is 59.9 cm³/mol. The molecule has 2 aromatic rings. The van der Waals surface area contributed by atoms with E-state index in [0.29, 0.717) is 0 Å². The van der Waals surface area contributed by atoms with Crippen LogP contribution in [-0.4, -0.2) is 4.98 Å². The minimum atomic E-state index is 0.770. The quantitative estimate of drug-likeness (QED) is 0.739. The molecule has 0 spiro atoms. The van der Waals surface area contributed by atoms with Gasteiger partial charge < -0.3 is 5.32 Å². The second-order valence-electron chi connectivity index (χ2n) is 3.17. The van der Waals surface area contributed by atoms with Crippen LogP contribution in [0.2, 0.25) is 5.02 Å². The Hall–Kier alpha value is -1.06. The van der Waals surface area contributed by atoms with Crippen molar-refractivity contribution in [2.75, 3.05) is 5.32 Å². The van der Waals surface area contributed by atoms with Gasteiger partial charge in [0, 0.05) is 16.3 Å². The smallest absolute Gasteiger partial charge is 0.0802 e. The topological polar surface area (TPSA) is 24.9 Å². The van der Waals surface area contributed by atoms with Gasteiger partial charge in [0.05, 0.1) is 22.6 Å². The number of fused-ring (bicyclic) bond motifs is 3. The maximum Gasteiger partial charge on any atom is 0.0802 e. The van der Waals surface area contributed by atoms with E-state index in [0.717, 1.165) is 22.9 Å². The van der Waals surface area contributed by atoms with E-state index in [2.05, 4.69) is 10.3 Å². The first kappa shape index (κ1) is 8.26. The normalized spacial score (nSPS) is 12.9. The molecule has 0 fully saturated rings. The first-order chi connectivity index (χ1) is 6.84. The second-order valence-corrected chi connectivity index (χ2v) is 4.46. The third-order valence-electron chi connectivity index (χ3n) is 2.31. The monoisotopic (exact) mass is 222 g/mol. The van der Waals surface area contributed by atoms with Crippen molar-refractivity contribution < 1.29 is 0 Å². The molecule has 14 heavy (non-hydrogen) atoms. The van der Waals surface area contributed by atoms with Gasteiger partial charge in [-0.25, -0.2) is 4.98 Å². The lowest BCUT2D eigenvalue weighted by atomic mass is 10.1. The Bertz CT molecular complexity index is 493. The SMILES string of the molecule is Clc1ccc2c(c1)-c1scnc1CN2. The number of hydrogen-bond donors (Lipinski definition) is 1. The van der Waals surface area contributed by atoms with Gasteiger partial charge in [0.25, 0.3) is 0 Å². The summed E-state index contributed by atoms with van der Waals surface area (Å²) in [6.45, 7) is 0.813. The van der Waals surface area contributed by atoms with Crippen LogP contribution in [0.25, 0.3) is 10.4 Å². The number of nitrogens with zero attached hydrogens (tertiary/aromatic N) is 1. The number of rotatable bonds is 0. The molecule has 4 heteroatoms. The van der Waals surface area contributed by atoms with Gasteiger partial charge in [0.15, 0.2) is 0 Å². The molecule has 0 radical (unpaired) electrons. The molecule has 1 aromatic heterocycles. The van der Waals surface area contributed by atoms with Gasteiger partial charge in [-0.15, -0.1) is 11.3 Å². The number of aromatic nitrogens is 1. The average molecular weight is 223 g/mol. The van der Waals surface area contributed by atoms with Crippen molar-refractivity contribution in [3.63, 3.8) is 0 Å². The number of hydrogen-bond acceptors (Lipinski definition) is 3. The summed E-state index contributed by atoms with van der Waals surface area (Å²) < 4.78 is 0. The molecule has 3 rings (SSSR count). The van der Waals surface area contributed by atoms with Crippen molar-refractivity contribution in [1.29, 1.82) is 0 Å². The summed E-state index contributed by atoms with van der Waals surface area (Å²) in [7, 11) is 0. The van der Waals surface area contributed by atoms with Gasteiger partial charge in [-0.05, 0) is 18.2 Å². The van der Waals surface area contributed by atoms with E-state index in [1.807, 2.05) is 23.7 Å². The number of benzene rings is 1. The summed E-state index contributed by atoms with van der Waals surface area (Å²) in [5.41, 5.74) is 5.31. The van der Waals surface area contributed by atoms with E-state index in [4.69, 9.17) is 11.6 Å². The van der Waals surface area contributed by atoms with Crippen LogP contribution >= 0.6 is 22.9 Å². The van der Waals surface area contributed by atoms with Crippen LogP contribution in [0.1, 0.15) is 5.69 Å². The molecule has 1 aromatic carbocycles. The highest BCUT2D eigenvalue weighted by Crippen LogP contribution is 2.38. The summed E-state index contributed by atoms with van der Waals surface area (Å²) in [5, 5.41) is 4.09. The summed E-state index contributed by atoms with van der Waals surface area (Å²) in [5.74, 6) is 0. The Labute approximate surface area is 90.6 Å². The zero-order valence-electron chi connectivity index (χ0n) is 7.25. The van der Waals surface area contributed by atoms with E-state index in [1.165, 1.54) is 10.4 Å². The molecular weight excluding hydrogens is 216 g/mol. The average Bonchev–Trinajstić information content (AvgIpc) is 2.65. The number of halogens is 1. The third kappa shape index (κ3) is 1.13. The molecule has 1 N–H and O–H groups in total. The fourth-order valence-electron chi connectivity index (χ4n) is 1.65. The zero-order valence-corrected chi connectivity index (χ0v) is 8.82. The molecule has 0 bridgehead atoms. The molecule has 1 aliphatic rings. The molecule has 70 valence electrons. The maximum atomic E-state index is 5.97. The first-order valence-corrected chi connectivity index (χ1v) is 5.56. The second kappa shape index (κ2) is 2.97. The van der Waals surface area contributed by atoms with Gasteiger partial charge in [-0.1, -0.05) is 11.6 Å². The predicted octanol–water partition coefficient (Wildman–Crippen LogP) is 3.39. The van der Waals surface area contributed by atoms with Gasteiger partial charge in [0.2, 0.25) is 0 Å². The molecule has 1 aliphatic heterocycles. The van der Waals surface area contributed by atoms with Crippen molar-refractivity contribution in [1.82, 2.24) is 4.98 Å². The Morgan fingerprint density at radius 1 is 1.43 bits per heavy atom. The molecule has 0 saturated carbocycles. The molecule has 2 heterocycles. The summed E-state index contributed by atoms with van der Waals surface area (Å²) in [6, 6.07) is 5.90. The van der Waals surface area contributed by atoms with Gasteiger partial charge in [-0.3, -0.25) is 0 Å². The van der Waals surface area contributed by atoms with Crippen LogP contribution in [0, 0.1) is 0 Å². The summed E-state index contributed by atoms with van der Waals surface area (Å²) >= 11 is 7.63. The number of anilines is 1. The van der Waals surface area contributed by atoms with Crippen LogP contribution < -0.4 is 5.32 Å². The summed E-state index contributed by atoms with van der Waals surface area (Å²) in [6.07, 6.45) is 0. The molecule has 0 saturated heterocycles. The minimum absolute atomic E-state index is 0.770. The highest BCUT2D eigenvalue weighted by molar-refractivity contribution is 7.13. The lowest BCUT2D eigenvalue weighted by Gasteiger charge is -2.17. The Kier molecular flexibility index (Phi) is 1.75. The van der Waals surface area contributed by atoms with E-state index in [1.54, 1.807) is 11.3 Å². The van der Waals surface area contributed by atoms with E-state index in [-0.39, 0.29) is 0 Å². The molecule has 0 amide bonds. The molecule has 0 atom stereocenters. The zero-order chi connectivity index (χ0) is 9.54. The minimum Gasteiger partial charge on any atom is -0.379 e. The molecule has 2 nitrogen and oxygen atoms in total. The molecule has 0 unspecified atom stereocenters. The standard InChI is InChI=1S/C10H7ClN2S/c11-6-1-2-8-7(3-6)10-9(4-12-8)13-5-14-10/h1-3,5,12H,4H2.